The van der Waals surface area contributed by atoms with Gasteiger partial charge in [0.25, 0.3) is 0 Å². The van der Waals surface area contributed by atoms with Crippen molar-refractivity contribution in [2.75, 3.05) is 23.8 Å². The fraction of sp³-hybridized carbons (Fsp3) is 0.467. The summed E-state index contributed by atoms with van der Waals surface area (Å²) in [4.78, 5) is 26.0. The summed E-state index contributed by atoms with van der Waals surface area (Å²) >= 11 is 3.23. The van der Waals surface area contributed by atoms with Gasteiger partial charge in [-0.25, -0.2) is 4.79 Å². The van der Waals surface area contributed by atoms with E-state index in [1.54, 1.807) is 23.5 Å². The smallest absolute Gasteiger partial charge is 0.327 e. The number of thioether (sulfide) groups is 2. The molecule has 1 N–H and O–H groups in total. The SMILES string of the molecule is Cc1ccc(SCCC(=O)N2CCSCC2C(=O)O)cc1. The van der Waals surface area contributed by atoms with Crippen LogP contribution in [0.3, 0.4) is 0 Å². The Bertz CT molecular complexity index is 504. The number of carboxylic acids is 1. The number of hydrogen-bond donors (Lipinski definition) is 1. The van der Waals surface area contributed by atoms with Crippen molar-refractivity contribution in [3.8, 4) is 0 Å². The maximum absolute atomic E-state index is 12.2. The Labute approximate surface area is 133 Å². The molecule has 0 aromatic heterocycles. The summed E-state index contributed by atoms with van der Waals surface area (Å²) in [6.07, 6.45) is 0.382. The van der Waals surface area contributed by atoms with E-state index in [1.807, 2.05) is 31.2 Å². The van der Waals surface area contributed by atoms with Gasteiger partial charge in [0.2, 0.25) is 5.91 Å². The number of aryl methyl sites for hydroxylation is 1. The molecule has 1 aliphatic rings. The van der Waals surface area contributed by atoms with E-state index in [4.69, 9.17) is 0 Å². The third kappa shape index (κ3) is 4.68. The van der Waals surface area contributed by atoms with Gasteiger partial charge in [-0.05, 0) is 19.1 Å². The summed E-state index contributed by atoms with van der Waals surface area (Å²) in [5.41, 5.74) is 1.21. The van der Waals surface area contributed by atoms with Crippen LogP contribution in [0.25, 0.3) is 0 Å². The number of amides is 1. The van der Waals surface area contributed by atoms with E-state index in [0.717, 1.165) is 10.6 Å². The third-order valence-corrected chi connectivity index (χ3v) is 5.38. The van der Waals surface area contributed by atoms with Crippen LogP contribution in [0.5, 0.6) is 0 Å². The first-order valence-corrected chi connectivity index (χ1v) is 9.01. The molecule has 0 bridgehead atoms. The monoisotopic (exact) mass is 325 g/mol. The third-order valence-electron chi connectivity index (χ3n) is 3.34. The van der Waals surface area contributed by atoms with E-state index >= 15 is 0 Å². The van der Waals surface area contributed by atoms with Gasteiger partial charge in [0.1, 0.15) is 6.04 Å². The minimum atomic E-state index is -0.901. The number of carboxylic acid groups (broad SMARTS) is 1. The molecule has 0 aliphatic carbocycles. The molecule has 0 spiro atoms. The predicted octanol–water partition coefficient (Wildman–Crippen LogP) is 2.51. The average Bonchev–Trinajstić information content (AvgIpc) is 2.49. The van der Waals surface area contributed by atoms with Gasteiger partial charge >= 0.3 is 5.97 Å². The Balaban J connectivity index is 1.83. The summed E-state index contributed by atoms with van der Waals surface area (Å²) in [6.45, 7) is 2.58. The molecule has 1 unspecified atom stereocenters. The molecular formula is C15H19NO3S2. The molecule has 4 nitrogen and oxygen atoms in total. The second kappa shape index (κ2) is 7.75. The molecule has 0 radical (unpaired) electrons. The van der Waals surface area contributed by atoms with Crippen LogP contribution in [0.1, 0.15) is 12.0 Å². The van der Waals surface area contributed by atoms with E-state index in [1.165, 1.54) is 10.5 Å². The zero-order chi connectivity index (χ0) is 15.2. The molecule has 21 heavy (non-hydrogen) atoms. The minimum Gasteiger partial charge on any atom is -0.480 e. The maximum Gasteiger partial charge on any atom is 0.327 e. The minimum absolute atomic E-state index is 0.0534. The van der Waals surface area contributed by atoms with E-state index in [0.29, 0.717) is 24.5 Å². The van der Waals surface area contributed by atoms with Crippen molar-refractivity contribution < 1.29 is 14.7 Å². The fourth-order valence-electron chi connectivity index (χ4n) is 2.14. The first-order chi connectivity index (χ1) is 10.1. The maximum atomic E-state index is 12.2. The van der Waals surface area contributed by atoms with Gasteiger partial charge in [-0.15, -0.1) is 11.8 Å². The van der Waals surface area contributed by atoms with Gasteiger partial charge in [-0.1, -0.05) is 17.7 Å². The molecule has 114 valence electrons. The number of nitrogens with zero attached hydrogens (tertiary/aromatic N) is 1. The highest BCUT2D eigenvalue weighted by Gasteiger charge is 2.31. The number of rotatable bonds is 5. The molecule has 2 rings (SSSR count). The molecule has 1 aromatic carbocycles. The molecule has 1 atom stereocenters. The first-order valence-electron chi connectivity index (χ1n) is 6.87. The quantitative estimate of drug-likeness (QED) is 0.843. The molecule has 1 heterocycles. The summed E-state index contributed by atoms with van der Waals surface area (Å²) < 4.78 is 0. The number of hydrogen-bond acceptors (Lipinski definition) is 4. The molecule has 1 aliphatic heterocycles. The predicted molar refractivity (Wildman–Crippen MR) is 87.0 cm³/mol. The van der Waals surface area contributed by atoms with Crippen LogP contribution in [-0.4, -0.2) is 51.7 Å². The van der Waals surface area contributed by atoms with Crippen molar-refractivity contribution >= 4 is 35.4 Å². The van der Waals surface area contributed by atoms with Gasteiger partial charge < -0.3 is 10.0 Å². The van der Waals surface area contributed by atoms with Gasteiger partial charge in [-0.2, -0.15) is 11.8 Å². The van der Waals surface area contributed by atoms with Gasteiger partial charge in [0.05, 0.1) is 0 Å². The Morgan fingerprint density at radius 1 is 1.38 bits per heavy atom. The zero-order valence-electron chi connectivity index (χ0n) is 11.9. The van der Waals surface area contributed by atoms with Crippen molar-refractivity contribution in [1.29, 1.82) is 0 Å². The Hall–Kier alpha value is -1.14. The van der Waals surface area contributed by atoms with Crippen LogP contribution in [-0.2, 0) is 9.59 Å². The van der Waals surface area contributed by atoms with Crippen LogP contribution >= 0.6 is 23.5 Å². The van der Waals surface area contributed by atoms with E-state index in [9.17, 15) is 14.7 Å². The number of carbonyl (C=O) groups excluding carboxylic acids is 1. The highest BCUT2D eigenvalue weighted by Crippen LogP contribution is 2.21. The van der Waals surface area contributed by atoms with Crippen molar-refractivity contribution in [2.45, 2.75) is 24.3 Å². The summed E-state index contributed by atoms with van der Waals surface area (Å²) in [7, 11) is 0. The van der Waals surface area contributed by atoms with Gasteiger partial charge in [0, 0.05) is 35.1 Å². The van der Waals surface area contributed by atoms with Crippen molar-refractivity contribution in [3.05, 3.63) is 29.8 Å². The fourth-order valence-corrected chi connectivity index (χ4v) is 4.02. The van der Waals surface area contributed by atoms with Crippen LogP contribution in [0.15, 0.2) is 29.2 Å². The lowest BCUT2D eigenvalue weighted by atomic mass is 10.2. The average molecular weight is 325 g/mol. The van der Waals surface area contributed by atoms with Crippen LogP contribution in [0, 0.1) is 6.92 Å². The second-order valence-electron chi connectivity index (χ2n) is 4.93. The number of carbonyl (C=O) groups is 2. The first kappa shape index (κ1) is 16.2. The lowest BCUT2D eigenvalue weighted by Crippen LogP contribution is -2.50. The van der Waals surface area contributed by atoms with E-state index < -0.39 is 12.0 Å². The van der Waals surface area contributed by atoms with Crippen LogP contribution in [0.4, 0.5) is 0 Å². The topological polar surface area (TPSA) is 57.6 Å². The molecule has 1 fully saturated rings. The number of aliphatic carboxylic acids is 1. The van der Waals surface area contributed by atoms with E-state index in [-0.39, 0.29) is 5.91 Å². The normalized spacial score (nSPS) is 18.5. The van der Waals surface area contributed by atoms with Gasteiger partial charge in [0.15, 0.2) is 0 Å². The highest BCUT2D eigenvalue weighted by molar-refractivity contribution is 7.99. The molecule has 0 saturated carbocycles. The molecule has 1 aromatic rings. The van der Waals surface area contributed by atoms with Crippen molar-refractivity contribution in [1.82, 2.24) is 4.90 Å². The van der Waals surface area contributed by atoms with Crippen LogP contribution < -0.4 is 0 Å². The highest BCUT2D eigenvalue weighted by atomic mass is 32.2. The largest absolute Gasteiger partial charge is 0.480 e. The molecule has 1 amide bonds. The molecule has 1 saturated heterocycles. The number of benzene rings is 1. The summed E-state index contributed by atoms with van der Waals surface area (Å²) in [5, 5.41) is 9.17. The Kier molecular flexibility index (Phi) is 5.99. The summed E-state index contributed by atoms with van der Waals surface area (Å²) in [6, 6.07) is 7.52. The molecule has 6 heteroatoms. The molecular weight excluding hydrogens is 306 g/mol. The Morgan fingerprint density at radius 3 is 2.76 bits per heavy atom. The van der Waals surface area contributed by atoms with E-state index in [2.05, 4.69) is 0 Å². The lowest BCUT2D eigenvalue weighted by Gasteiger charge is -2.32. The van der Waals surface area contributed by atoms with Crippen LogP contribution in [0.2, 0.25) is 0 Å². The summed E-state index contributed by atoms with van der Waals surface area (Å²) in [5.74, 6) is 1.04. The zero-order valence-corrected chi connectivity index (χ0v) is 13.6. The Morgan fingerprint density at radius 2 is 2.10 bits per heavy atom. The standard InChI is InChI=1S/C15H19NO3S2/c1-11-2-4-12(5-3-11)21-8-6-14(17)16-7-9-20-10-13(16)15(18)19/h2-5,13H,6-10H2,1H3,(H,18,19). The van der Waals surface area contributed by atoms with Gasteiger partial charge in [-0.3, -0.25) is 4.79 Å². The second-order valence-corrected chi connectivity index (χ2v) is 7.25. The van der Waals surface area contributed by atoms with Crippen molar-refractivity contribution in [3.63, 3.8) is 0 Å². The lowest BCUT2D eigenvalue weighted by molar-refractivity contribution is -0.149. The van der Waals surface area contributed by atoms with Crippen molar-refractivity contribution in [2.24, 2.45) is 0 Å².